The van der Waals surface area contributed by atoms with Gasteiger partial charge in [-0.1, -0.05) is 5.92 Å². The number of hydrogen-bond acceptors (Lipinski definition) is 2. The van der Waals surface area contributed by atoms with Gasteiger partial charge in [0, 0.05) is 19.7 Å². The molecule has 0 N–H and O–H groups in total. The molecule has 0 aliphatic rings. The number of carbonyl (C=O) groups excluding carboxylic acids is 1. The van der Waals surface area contributed by atoms with Gasteiger partial charge in [0.25, 0.3) is 5.91 Å². The molecule has 1 amide bonds. The number of carbonyl (C=O) groups is 1. The SMILES string of the molecule is C#CCOc1ccc(C(=O)N(C)C)cc1. The Morgan fingerprint density at radius 1 is 1.40 bits per heavy atom. The highest BCUT2D eigenvalue weighted by Gasteiger charge is 2.06. The van der Waals surface area contributed by atoms with Gasteiger partial charge in [0.1, 0.15) is 12.4 Å². The first kappa shape index (κ1) is 11.1. The van der Waals surface area contributed by atoms with Crippen LogP contribution in [0.2, 0.25) is 0 Å². The van der Waals surface area contributed by atoms with Crippen LogP contribution in [0.5, 0.6) is 5.75 Å². The summed E-state index contributed by atoms with van der Waals surface area (Å²) in [5.74, 6) is 3.01. The van der Waals surface area contributed by atoms with E-state index in [2.05, 4.69) is 5.92 Å². The van der Waals surface area contributed by atoms with Gasteiger partial charge in [-0.05, 0) is 24.3 Å². The van der Waals surface area contributed by atoms with Crippen molar-refractivity contribution >= 4 is 5.91 Å². The van der Waals surface area contributed by atoms with E-state index in [9.17, 15) is 4.79 Å². The second kappa shape index (κ2) is 5.06. The molecule has 1 aromatic carbocycles. The van der Waals surface area contributed by atoms with Crippen LogP contribution in [-0.4, -0.2) is 31.5 Å². The van der Waals surface area contributed by atoms with Crippen LogP contribution in [0.3, 0.4) is 0 Å². The minimum atomic E-state index is -0.0292. The van der Waals surface area contributed by atoms with E-state index in [1.165, 1.54) is 4.90 Å². The standard InChI is InChI=1S/C12H13NO2/c1-4-9-15-11-7-5-10(6-8-11)12(14)13(2)3/h1,5-8H,9H2,2-3H3. The normalized spacial score (nSPS) is 9.13. The molecule has 78 valence electrons. The smallest absolute Gasteiger partial charge is 0.253 e. The zero-order valence-electron chi connectivity index (χ0n) is 8.86. The molecule has 0 radical (unpaired) electrons. The molecule has 0 aliphatic carbocycles. The lowest BCUT2D eigenvalue weighted by atomic mass is 10.2. The van der Waals surface area contributed by atoms with E-state index in [0.29, 0.717) is 11.3 Å². The molecule has 0 bridgehead atoms. The summed E-state index contributed by atoms with van der Waals surface area (Å²) in [4.78, 5) is 13.0. The van der Waals surface area contributed by atoms with E-state index in [4.69, 9.17) is 11.2 Å². The van der Waals surface area contributed by atoms with E-state index in [1.807, 2.05) is 0 Å². The third kappa shape index (κ3) is 3.03. The summed E-state index contributed by atoms with van der Waals surface area (Å²) in [7, 11) is 3.43. The number of rotatable bonds is 3. The molecule has 0 spiro atoms. The molecular weight excluding hydrogens is 190 g/mol. The first-order chi connectivity index (χ1) is 7.15. The van der Waals surface area contributed by atoms with E-state index < -0.39 is 0 Å². The van der Waals surface area contributed by atoms with Gasteiger partial charge in [0.15, 0.2) is 0 Å². The van der Waals surface area contributed by atoms with Gasteiger partial charge < -0.3 is 9.64 Å². The van der Waals surface area contributed by atoms with E-state index in [1.54, 1.807) is 38.4 Å². The first-order valence-corrected chi connectivity index (χ1v) is 4.53. The molecule has 15 heavy (non-hydrogen) atoms. The number of ether oxygens (including phenoxy) is 1. The number of amides is 1. The summed E-state index contributed by atoms with van der Waals surface area (Å²) < 4.78 is 5.19. The van der Waals surface area contributed by atoms with Crippen LogP contribution in [0.15, 0.2) is 24.3 Å². The minimum Gasteiger partial charge on any atom is -0.481 e. The first-order valence-electron chi connectivity index (χ1n) is 4.53. The van der Waals surface area contributed by atoms with Crippen molar-refractivity contribution in [3.8, 4) is 18.1 Å². The quantitative estimate of drug-likeness (QED) is 0.695. The van der Waals surface area contributed by atoms with Crippen LogP contribution in [0.4, 0.5) is 0 Å². The fourth-order valence-corrected chi connectivity index (χ4v) is 1.08. The minimum absolute atomic E-state index is 0.0292. The molecule has 3 heteroatoms. The van der Waals surface area contributed by atoms with Crippen molar-refractivity contribution < 1.29 is 9.53 Å². The molecule has 0 unspecified atom stereocenters. The maximum Gasteiger partial charge on any atom is 0.253 e. The van der Waals surface area contributed by atoms with E-state index in [0.717, 1.165) is 0 Å². The number of hydrogen-bond donors (Lipinski definition) is 0. The van der Waals surface area contributed by atoms with Crippen molar-refractivity contribution in [2.75, 3.05) is 20.7 Å². The van der Waals surface area contributed by atoms with Gasteiger partial charge >= 0.3 is 0 Å². The van der Waals surface area contributed by atoms with Crippen molar-refractivity contribution in [2.45, 2.75) is 0 Å². The van der Waals surface area contributed by atoms with E-state index >= 15 is 0 Å². The van der Waals surface area contributed by atoms with Gasteiger partial charge in [0.05, 0.1) is 0 Å². The van der Waals surface area contributed by atoms with Crippen LogP contribution in [0.1, 0.15) is 10.4 Å². The Balaban J connectivity index is 2.73. The van der Waals surface area contributed by atoms with Crippen LogP contribution >= 0.6 is 0 Å². The molecule has 0 heterocycles. The molecule has 0 fully saturated rings. The highest BCUT2D eigenvalue weighted by Crippen LogP contribution is 2.12. The Labute approximate surface area is 89.7 Å². The van der Waals surface area contributed by atoms with Crippen molar-refractivity contribution in [1.29, 1.82) is 0 Å². The second-order valence-electron chi connectivity index (χ2n) is 3.22. The molecule has 3 nitrogen and oxygen atoms in total. The summed E-state index contributed by atoms with van der Waals surface area (Å²) in [5, 5.41) is 0. The maximum atomic E-state index is 11.5. The third-order valence-electron chi connectivity index (χ3n) is 1.83. The van der Waals surface area contributed by atoms with Gasteiger partial charge in [-0.3, -0.25) is 4.79 Å². The zero-order valence-corrected chi connectivity index (χ0v) is 8.86. The van der Waals surface area contributed by atoms with Gasteiger partial charge in [-0.2, -0.15) is 0 Å². The number of nitrogens with zero attached hydrogens (tertiary/aromatic N) is 1. The Hall–Kier alpha value is -1.95. The number of benzene rings is 1. The fourth-order valence-electron chi connectivity index (χ4n) is 1.08. The van der Waals surface area contributed by atoms with Crippen molar-refractivity contribution in [2.24, 2.45) is 0 Å². The molecular formula is C12H13NO2. The third-order valence-corrected chi connectivity index (χ3v) is 1.83. The summed E-state index contributed by atoms with van der Waals surface area (Å²) >= 11 is 0. The molecule has 0 aromatic heterocycles. The van der Waals surface area contributed by atoms with Crippen molar-refractivity contribution in [3.05, 3.63) is 29.8 Å². The summed E-state index contributed by atoms with van der Waals surface area (Å²) in [6.45, 7) is 0.237. The number of terminal acetylenes is 1. The Morgan fingerprint density at radius 3 is 2.47 bits per heavy atom. The maximum absolute atomic E-state index is 11.5. The Kier molecular flexibility index (Phi) is 3.75. The van der Waals surface area contributed by atoms with Gasteiger partial charge in [0.2, 0.25) is 0 Å². The topological polar surface area (TPSA) is 29.5 Å². The fraction of sp³-hybridized carbons (Fsp3) is 0.250. The zero-order chi connectivity index (χ0) is 11.3. The van der Waals surface area contributed by atoms with Crippen LogP contribution < -0.4 is 4.74 Å². The molecule has 1 rings (SSSR count). The predicted octanol–water partition coefficient (Wildman–Crippen LogP) is 1.40. The van der Waals surface area contributed by atoms with Gasteiger partial charge in [-0.25, -0.2) is 0 Å². The lowest BCUT2D eigenvalue weighted by Gasteiger charge is -2.10. The van der Waals surface area contributed by atoms with Crippen LogP contribution in [0.25, 0.3) is 0 Å². The lowest BCUT2D eigenvalue weighted by Crippen LogP contribution is -2.21. The molecule has 0 atom stereocenters. The average Bonchev–Trinajstić information content (AvgIpc) is 2.26. The molecule has 0 aliphatic heterocycles. The lowest BCUT2D eigenvalue weighted by molar-refractivity contribution is 0.0827. The van der Waals surface area contributed by atoms with Crippen LogP contribution in [-0.2, 0) is 0 Å². The summed E-state index contributed by atoms with van der Waals surface area (Å²) in [5.41, 5.74) is 0.632. The summed E-state index contributed by atoms with van der Waals surface area (Å²) in [6, 6.07) is 6.89. The van der Waals surface area contributed by atoms with Crippen molar-refractivity contribution in [1.82, 2.24) is 4.90 Å². The van der Waals surface area contributed by atoms with E-state index in [-0.39, 0.29) is 12.5 Å². The Morgan fingerprint density at radius 2 is 2.00 bits per heavy atom. The Bertz CT molecular complexity index is 374. The second-order valence-corrected chi connectivity index (χ2v) is 3.22. The summed E-state index contributed by atoms with van der Waals surface area (Å²) in [6.07, 6.45) is 5.06. The highest BCUT2D eigenvalue weighted by molar-refractivity contribution is 5.93. The highest BCUT2D eigenvalue weighted by atomic mass is 16.5. The molecule has 0 saturated heterocycles. The van der Waals surface area contributed by atoms with Crippen LogP contribution in [0, 0.1) is 12.3 Å². The van der Waals surface area contributed by atoms with Crippen molar-refractivity contribution in [3.63, 3.8) is 0 Å². The van der Waals surface area contributed by atoms with Gasteiger partial charge in [-0.15, -0.1) is 6.42 Å². The molecule has 0 saturated carbocycles. The monoisotopic (exact) mass is 203 g/mol. The average molecular weight is 203 g/mol. The largest absolute Gasteiger partial charge is 0.481 e. The predicted molar refractivity (Wildman–Crippen MR) is 58.8 cm³/mol. The molecule has 1 aromatic rings.